The normalized spacial score (nSPS) is 27.2. The van der Waals surface area contributed by atoms with Gasteiger partial charge in [-0.3, -0.25) is 0 Å². The van der Waals surface area contributed by atoms with Crippen LogP contribution in [0.4, 0.5) is 0 Å². The summed E-state index contributed by atoms with van der Waals surface area (Å²) in [6.45, 7) is 5.02. The molecule has 1 aliphatic heterocycles. The maximum atomic E-state index is 10.1. The average molecular weight is 224 g/mol. The van der Waals surface area contributed by atoms with Crippen LogP contribution in [0.3, 0.4) is 0 Å². The fraction of sp³-hybridized carbons (Fsp3) is 0.750. The Morgan fingerprint density at radius 1 is 1.62 bits per heavy atom. The van der Waals surface area contributed by atoms with Crippen LogP contribution in [0.2, 0.25) is 0 Å². The van der Waals surface area contributed by atoms with Crippen LogP contribution in [0.1, 0.15) is 32.5 Å². The van der Waals surface area contributed by atoms with Crippen LogP contribution in [0, 0.1) is 0 Å². The summed E-state index contributed by atoms with van der Waals surface area (Å²) in [5.74, 6) is 0.943. The van der Waals surface area contributed by atoms with Crippen molar-refractivity contribution in [2.75, 3.05) is 0 Å². The molecular formula is C12H20N2O2. The van der Waals surface area contributed by atoms with Crippen LogP contribution >= 0.6 is 0 Å². The molecule has 1 aliphatic rings. The molecule has 0 spiro atoms. The third-order valence-corrected chi connectivity index (χ3v) is 3.23. The molecule has 0 aliphatic carbocycles. The number of hydrogen-bond acceptors (Lipinski definition) is 3. The lowest BCUT2D eigenvalue weighted by Crippen LogP contribution is -2.29. The van der Waals surface area contributed by atoms with Gasteiger partial charge in [-0.2, -0.15) is 0 Å². The Balaban J connectivity index is 1.94. The molecule has 2 rings (SSSR count). The third kappa shape index (κ3) is 2.44. The van der Waals surface area contributed by atoms with E-state index in [2.05, 4.69) is 23.4 Å². The molecule has 3 atom stereocenters. The van der Waals surface area contributed by atoms with Crippen molar-refractivity contribution in [2.24, 2.45) is 0 Å². The molecule has 1 N–H and O–H groups in total. The number of aromatic nitrogens is 2. The van der Waals surface area contributed by atoms with E-state index in [1.807, 2.05) is 6.20 Å². The van der Waals surface area contributed by atoms with Gasteiger partial charge in [0.05, 0.1) is 18.3 Å². The summed E-state index contributed by atoms with van der Waals surface area (Å²) in [5.41, 5.74) is 0. The molecule has 1 aromatic rings. The van der Waals surface area contributed by atoms with Crippen LogP contribution < -0.4 is 0 Å². The summed E-state index contributed by atoms with van der Waals surface area (Å²) in [5, 5.41) is 10.1. The highest BCUT2D eigenvalue weighted by Crippen LogP contribution is 2.23. The molecule has 4 heteroatoms. The number of hydrogen-bond donors (Lipinski definition) is 1. The first-order valence-corrected chi connectivity index (χ1v) is 6.04. The van der Waals surface area contributed by atoms with Gasteiger partial charge in [0.1, 0.15) is 5.82 Å². The zero-order valence-corrected chi connectivity index (χ0v) is 9.97. The monoisotopic (exact) mass is 224 g/mol. The summed E-state index contributed by atoms with van der Waals surface area (Å²) in [6.07, 6.45) is 6.14. The Morgan fingerprint density at radius 3 is 3.06 bits per heavy atom. The molecular weight excluding hydrogens is 204 g/mol. The second-order valence-electron chi connectivity index (χ2n) is 4.46. The summed E-state index contributed by atoms with van der Waals surface area (Å²) < 4.78 is 7.72. The van der Waals surface area contributed by atoms with Gasteiger partial charge in [0.25, 0.3) is 0 Å². The Kier molecular flexibility index (Phi) is 3.61. The minimum atomic E-state index is -0.433. The lowest BCUT2D eigenvalue weighted by Gasteiger charge is -2.18. The summed E-state index contributed by atoms with van der Waals surface area (Å²) in [6, 6.07) is 0. The van der Waals surface area contributed by atoms with E-state index >= 15 is 0 Å². The zero-order chi connectivity index (χ0) is 11.5. The molecule has 16 heavy (non-hydrogen) atoms. The van der Waals surface area contributed by atoms with Crippen molar-refractivity contribution < 1.29 is 9.84 Å². The van der Waals surface area contributed by atoms with E-state index in [9.17, 15) is 5.11 Å². The molecule has 0 radical (unpaired) electrons. The predicted octanol–water partition coefficient (Wildman–Crippen LogP) is 1.37. The van der Waals surface area contributed by atoms with E-state index in [0.717, 1.165) is 25.2 Å². The van der Waals surface area contributed by atoms with Gasteiger partial charge in [-0.1, -0.05) is 0 Å². The maximum Gasteiger partial charge on any atom is 0.111 e. The van der Waals surface area contributed by atoms with Crippen molar-refractivity contribution in [1.82, 2.24) is 9.55 Å². The van der Waals surface area contributed by atoms with Crippen LogP contribution in [0.25, 0.3) is 0 Å². The number of aliphatic hydroxyl groups excluding tert-OH is 1. The fourth-order valence-corrected chi connectivity index (χ4v) is 2.25. The van der Waals surface area contributed by atoms with Crippen molar-refractivity contribution in [3.63, 3.8) is 0 Å². The van der Waals surface area contributed by atoms with Crippen molar-refractivity contribution in [2.45, 2.75) is 58.0 Å². The smallest absolute Gasteiger partial charge is 0.111 e. The van der Waals surface area contributed by atoms with E-state index in [4.69, 9.17) is 4.74 Å². The minimum absolute atomic E-state index is 0.0167. The van der Waals surface area contributed by atoms with E-state index in [1.54, 1.807) is 6.20 Å². The lowest BCUT2D eigenvalue weighted by atomic mass is 10.1. The van der Waals surface area contributed by atoms with Gasteiger partial charge in [-0.15, -0.1) is 0 Å². The van der Waals surface area contributed by atoms with Gasteiger partial charge in [0.15, 0.2) is 0 Å². The van der Waals surface area contributed by atoms with Crippen molar-refractivity contribution in [3.05, 3.63) is 18.2 Å². The third-order valence-electron chi connectivity index (χ3n) is 3.23. The highest BCUT2D eigenvalue weighted by atomic mass is 16.5. The highest BCUT2D eigenvalue weighted by molar-refractivity contribution is 4.96. The standard InChI is InChI=1S/C12H20N2O2/c1-3-14-7-6-13-12(14)8-10(15)11-5-4-9(2)16-11/h6-7,9-11,15H,3-5,8H2,1-2H3. The molecule has 3 unspecified atom stereocenters. The zero-order valence-electron chi connectivity index (χ0n) is 9.97. The van der Waals surface area contributed by atoms with Crippen molar-refractivity contribution in [1.29, 1.82) is 0 Å². The topological polar surface area (TPSA) is 47.3 Å². The molecule has 4 nitrogen and oxygen atoms in total. The number of aliphatic hydroxyl groups is 1. The van der Waals surface area contributed by atoms with Gasteiger partial charge in [0.2, 0.25) is 0 Å². The van der Waals surface area contributed by atoms with Gasteiger partial charge in [-0.25, -0.2) is 4.98 Å². The van der Waals surface area contributed by atoms with Gasteiger partial charge in [-0.05, 0) is 26.7 Å². The number of rotatable bonds is 4. The van der Waals surface area contributed by atoms with Gasteiger partial charge < -0.3 is 14.4 Å². The largest absolute Gasteiger partial charge is 0.390 e. The second-order valence-corrected chi connectivity index (χ2v) is 4.46. The first-order valence-electron chi connectivity index (χ1n) is 6.04. The summed E-state index contributed by atoms with van der Waals surface area (Å²) >= 11 is 0. The van der Waals surface area contributed by atoms with E-state index < -0.39 is 6.10 Å². The Hall–Kier alpha value is -0.870. The predicted molar refractivity (Wildman–Crippen MR) is 61.2 cm³/mol. The number of ether oxygens (including phenoxy) is 1. The molecule has 1 aromatic heterocycles. The molecule has 0 bridgehead atoms. The molecule has 90 valence electrons. The molecule has 1 fully saturated rings. The first kappa shape index (κ1) is 11.6. The van der Waals surface area contributed by atoms with E-state index in [1.165, 1.54) is 0 Å². The quantitative estimate of drug-likeness (QED) is 0.840. The minimum Gasteiger partial charge on any atom is -0.390 e. The fourth-order valence-electron chi connectivity index (χ4n) is 2.25. The molecule has 1 saturated heterocycles. The van der Waals surface area contributed by atoms with Crippen LogP contribution in [0.15, 0.2) is 12.4 Å². The van der Waals surface area contributed by atoms with Crippen LogP contribution in [0.5, 0.6) is 0 Å². The van der Waals surface area contributed by atoms with Gasteiger partial charge >= 0.3 is 0 Å². The van der Waals surface area contributed by atoms with Crippen molar-refractivity contribution in [3.8, 4) is 0 Å². The summed E-state index contributed by atoms with van der Waals surface area (Å²) in [4.78, 5) is 4.26. The Labute approximate surface area is 96.3 Å². The molecule has 0 aromatic carbocycles. The lowest BCUT2D eigenvalue weighted by molar-refractivity contribution is -0.0288. The van der Waals surface area contributed by atoms with Crippen LogP contribution in [-0.4, -0.2) is 33.0 Å². The second kappa shape index (κ2) is 4.97. The number of nitrogens with zero attached hydrogens (tertiary/aromatic N) is 2. The van der Waals surface area contributed by atoms with E-state index in [-0.39, 0.29) is 12.2 Å². The molecule has 0 saturated carbocycles. The number of aryl methyl sites for hydroxylation is 1. The van der Waals surface area contributed by atoms with Crippen LogP contribution in [-0.2, 0) is 17.7 Å². The maximum absolute atomic E-state index is 10.1. The Bertz CT molecular complexity index is 338. The Morgan fingerprint density at radius 2 is 2.44 bits per heavy atom. The molecule has 0 amide bonds. The average Bonchev–Trinajstić information content (AvgIpc) is 2.86. The summed E-state index contributed by atoms with van der Waals surface area (Å²) in [7, 11) is 0. The highest BCUT2D eigenvalue weighted by Gasteiger charge is 2.29. The SMILES string of the molecule is CCn1ccnc1CC(O)C1CCC(C)O1. The number of imidazole rings is 1. The van der Waals surface area contributed by atoms with Crippen molar-refractivity contribution >= 4 is 0 Å². The first-order chi connectivity index (χ1) is 7.70. The van der Waals surface area contributed by atoms with Gasteiger partial charge in [0, 0.05) is 25.4 Å². The molecule has 2 heterocycles. The van der Waals surface area contributed by atoms with E-state index in [0.29, 0.717) is 6.42 Å².